The van der Waals surface area contributed by atoms with Gasteiger partial charge >= 0.3 is 5.97 Å². The van der Waals surface area contributed by atoms with Crippen LogP contribution in [0, 0.1) is 6.92 Å². The predicted octanol–water partition coefficient (Wildman–Crippen LogP) is 2.05. The molecule has 1 fully saturated rings. The van der Waals surface area contributed by atoms with Crippen LogP contribution in [0.3, 0.4) is 0 Å². The van der Waals surface area contributed by atoms with Crippen molar-refractivity contribution in [2.24, 2.45) is 0 Å². The average Bonchev–Trinajstić information content (AvgIpc) is 2.61. The fraction of sp³-hybridized carbons (Fsp3) is 0.429. The molecule has 1 heterocycles. The summed E-state index contributed by atoms with van der Waals surface area (Å²) < 4.78 is 10.6. The number of hydrogen-bond donors (Lipinski definition) is 1. The van der Waals surface area contributed by atoms with Gasteiger partial charge in [-0.1, -0.05) is 29.8 Å². The van der Waals surface area contributed by atoms with Gasteiger partial charge in [0, 0.05) is 0 Å². The summed E-state index contributed by atoms with van der Waals surface area (Å²) in [5.41, 5.74) is 0.0675. The molecule has 5 heteroatoms. The Kier molecular flexibility index (Phi) is 3.26. The molecule has 0 spiro atoms. The molecule has 2 rings (SSSR count). The van der Waals surface area contributed by atoms with E-state index in [1.807, 2.05) is 38.1 Å². The average molecular weight is 279 g/mol. The van der Waals surface area contributed by atoms with Crippen molar-refractivity contribution in [3.05, 3.63) is 35.4 Å². The molecule has 1 aromatic carbocycles. The number of ether oxygens (including phenoxy) is 2. The monoisotopic (exact) mass is 279 g/mol. The highest BCUT2D eigenvalue weighted by atomic mass is 32.1. The van der Waals surface area contributed by atoms with E-state index in [0.29, 0.717) is 0 Å². The molecule has 1 aromatic rings. The van der Waals surface area contributed by atoms with Gasteiger partial charge in [0.15, 0.2) is 11.1 Å². The predicted molar refractivity (Wildman–Crippen MR) is 75.8 cm³/mol. The third-order valence-electron chi connectivity index (χ3n) is 3.80. The largest absolute Gasteiger partial charge is 0.467 e. The first-order valence-corrected chi connectivity index (χ1v) is 6.41. The number of esters is 1. The number of carbonyl (C=O) groups excluding carboxylic acids is 1. The smallest absolute Gasteiger partial charge is 0.335 e. The van der Waals surface area contributed by atoms with Gasteiger partial charge in [-0.25, -0.2) is 4.79 Å². The number of carbonyl (C=O) groups is 1. The number of aryl methyl sites for hydroxylation is 1. The molecule has 2 atom stereocenters. The van der Waals surface area contributed by atoms with Crippen molar-refractivity contribution in [3.8, 4) is 0 Å². The van der Waals surface area contributed by atoms with Gasteiger partial charge in [-0.2, -0.15) is 0 Å². The zero-order valence-electron chi connectivity index (χ0n) is 11.4. The molecular formula is C14H17NO3S. The summed E-state index contributed by atoms with van der Waals surface area (Å²) in [6.45, 7) is 5.57. The third kappa shape index (κ3) is 1.98. The second kappa shape index (κ2) is 4.49. The van der Waals surface area contributed by atoms with E-state index in [4.69, 9.17) is 21.7 Å². The Bertz CT molecular complexity index is 528. The molecule has 1 saturated heterocycles. The SMILES string of the molecule is COC(=O)[C@]1(C)NC(=S)O[C@]1(C)c1ccc(C)cc1. The van der Waals surface area contributed by atoms with Crippen molar-refractivity contribution in [1.29, 1.82) is 0 Å². The lowest BCUT2D eigenvalue weighted by atomic mass is 9.78. The summed E-state index contributed by atoms with van der Waals surface area (Å²) in [4.78, 5) is 12.1. The van der Waals surface area contributed by atoms with Crippen LogP contribution in [0.2, 0.25) is 0 Å². The van der Waals surface area contributed by atoms with Gasteiger partial charge in [0.05, 0.1) is 7.11 Å². The topological polar surface area (TPSA) is 47.6 Å². The second-order valence-corrected chi connectivity index (χ2v) is 5.40. The Morgan fingerprint density at radius 2 is 1.89 bits per heavy atom. The number of methoxy groups -OCH3 is 1. The Morgan fingerprint density at radius 1 is 1.32 bits per heavy atom. The Morgan fingerprint density at radius 3 is 2.42 bits per heavy atom. The summed E-state index contributed by atoms with van der Waals surface area (Å²) >= 11 is 5.07. The molecule has 19 heavy (non-hydrogen) atoms. The van der Waals surface area contributed by atoms with Gasteiger partial charge in [0.1, 0.15) is 0 Å². The minimum atomic E-state index is -1.05. The van der Waals surface area contributed by atoms with Gasteiger partial charge in [0.2, 0.25) is 0 Å². The number of nitrogens with one attached hydrogen (secondary N) is 1. The van der Waals surface area contributed by atoms with Crippen LogP contribution in [0.1, 0.15) is 25.0 Å². The van der Waals surface area contributed by atoms with E-state index >= 15 is 0 Å². The molecule has 0 unspecified atom stereocenters. The van der Waals surface area contributed by atoms with Crippen LogP contribution in [0.5, 0.6) is 0 Å². The molecule has 1 aliphatic heterocycles. The van der Waals surface area contributed by atoms with Crippen LogP contribution < -0.4 is 5.32 Å². The minimum absolute atomic E-state index is 0.205. The van der Waals surface area contributed by atoms with Crippen molar-refractivity contribution in [3.63, 3.8) is 0 Å². The quantitative estimate of drug-likeness (QED) is 0.663. The van der Waals surface area contributed by atoms with E-state index < -0.39 is 17.1 Å². The molecule has 102 valence electrons. The van der Waals surface area contributed by atoms with E-state index in [2.05, 4.69) is 5.32 Å². The fourth-order valence-electron chi connectivity index (χ4n) is 2.31. The third-order valence-corrected chi connectivity index (χ3v) is 3.98. The van der Waals surface area contributed by atoms with Crippen molar-refractivity contribution < 1.29 is 14.3 Å². The van der Waals surface area contributed by atoms with Crippen LogP contribution in [-0.2, 0) is 19.9 Å². The van der Waals surface area contributed by atoms with Crippen LogP contribution in [-0.4, -0.2) is 23.8 Å². The van der Waals surface area contributed by atoms with E-state index in [1.54, 1.807) is 6.92 Å². The Hall–Kier alpha value is -1.62. The van der Waals surface area contributed by atoms with E-state index in [1.165, 1.54) is 7.11 Å². The summed E-state index contributed by atoms with van der Waals surface area (Å²) in [7, 11) is 1.35. The zero-order valence-corrected chi connectivity index (χ0v) is 12.3. The Labute approximate surface area is 118 Å². The molecule has 0 aliphatic carbocycles. The molecule has 0 aromatic heterocycles. The summed E-state index contributed by atoms with van der Waals surface area (Å²) in [5, 5.41) is 3.12. The summed E-state index contributed by atoms with van der Waals surface area (Å²) in [6.07, 6.45) is 0. The number of rotatable bonds is 2. The maximum atomic E-state index is 12.1. The van der Waals surface area contributed by atoms with Crippen molar-refractivity contribution >= 4 is 23.4 Å². The lowest BCUT2D eigenvalue weighted by molar-refractivity contribution is -0.153. The molecule has 1 N–H and O–H groups in total. The summed E-state index contributed by atoms with van der Waals surface area (Å²) in [6, 6.07) is 7.82. The lowest BCUT2D eigenvalue weighted by Gasteiger charge is -2.35. The Balaban J connectivity index is 2.53. The van der Waals surface area contributed by atoms with Crippen LogP contribution >= 0.6 is 12.2 Å². The fourth-order valence-corrected chi connectivity index (χ4v) is 2.68. The molecule has 1 aliphatic rings. The second-order valence-electron chi connectivity index (χ2n) is 5.03. The minimum Gasteiger partial charge on any atom is -0.467 e. The normalized spacial score (nSPS) is 29.6. The molecular weight excluding hydrogens is 262 g/mol. The maximum absolute atomic E-state index is 12.1. The number of hydrogen-bond acceptors (Lipinski definition) is 4. The van der Waals surface area contributed by atoms with Crippen LogP contribution in [0.25, 0.3) is 0 Å². The van der Waals surface area contributed by atoms with E-state index in [-0.39, 0.29) is 5.17 Å². The van der Waals surface area contributed by atoms with Crippen LogP contribution in [0.15, 0.2) is 24.3 Å². The molecule has 0 saturated carbocycles. The highest BCUT2D eigenvalue weighted by Crippen LogP contribution is 2.41. The van der Waals surface area contributed by atoms with Crippen molar-refractivity contribution in [2.45, 2.75) is 31.9 Å². The van der Waals surface area contributed by atoms with Crippen molar-refractivity contribution in [2.75, 3.05) is 7.11 Å². The molecule has 0 radical (unpaired) electrons. The molecule has 0 bridgehead atoms. The first-order chi connectivity index (χ1) is 8.83. The zero-order chi connectivity index (χ0) is 14.3. The van der Waals surface area contributed by atoms with Gasteiger partial charge in [-0.05, 0) is 38.6 Å². The number of benzene rings is 1. The van der Waals surface area contributed by atoms with Gasteiger partial charge in [-0.3, -0.25) is 0 Å². The highest BCUT2D eigenvalue weighted by molar-refractivity contribution is 7.80. The van der Waals surface area contributed by atoms with Gasteiger partial charge < -0.3 is 14.8 Å². The first-order valence-electron chi connectivity index (χ1n) is 6.00. The number of thiocarbonyl (C=S) groups is 1. The van der Waals surface area contributed by atoms with Crippen molar-refractivity contribution in [1.82, 2.24) is 5.32 Å². The van der Waals surface area contributed by atoms with Crippen LogP contribution in [0.4, 0.5) is 0 Å². The first kappa shape index (κ1) is 13.8. The maximum Gasteiger partial charge on any atom is 0.335 e. The van der Waals surface area contributed by atoms with Gasteiger partial charge in [-0.15, -0.1) is 0 Å². The highest BCUT2D eigenvalue weighted by Gasteiger charge is 2.60. The summed E-state index contributed by atoms with van der Waals surface area (Å²) in [5.74, 6) is -0.407. The van der Waals surface area contributed by atoms with Gasteiger partial charge in [0.25, 0.3) is 5.17 Å². The standard InChI is InChI=1S/C14H17NO3S/c1-9-5-7-10(8-6-9)14(3)13(2,11(16)17-4)15-12(19)18-14/h5-8H,1-4H3,(H,15,19)/t13-,14+/m0/s1. The lowest BCUT2D eigenvalue weighted by Crippen LogP contribution is -2.57. The van der Waals surface area contributed by atoms with E-state index in [0.717, 1.165) is 11.1 Å². The van der Waals surface area contributed by atoms with E-state index in [9.17, 15) is 4.79 Å². The molecule has 4 nitrogen and oxygen atoms in total. The molecule has 0 amide bonds.